The normalized spacial score (nSPS) is 11.4. The van der Waals surface area contributed by atoms with Crippen LogP contribution in [0, 0.1) is 6.92 Å². The van der Waals surface area contributed by atoms with Gasteiger partial charge in [0.2, 0.25) is 5.88 Å². The third-order valence-corrected chi connectivity index (χ3v) is 4.92. The molecule has 0 saturated carbocycles. The number of carbonyl (C=O) groups is 1. The van der Waals surface area contributed by atoms with Crippen LogP contribution in [0.5, 0.6) is 5.88 Å². The van der Waals surface area contributed by atoms with Gasteiger partial charge in [-0.05, 0) is 52.7 Å². The van der Waals surface area contributed by atoms with Gasteiger partial charge < -0.3 is 10.1 Å². The molecule has 0 atom stereocenters. The molecule has 0 radical (unpaired) electrons. The van der Waals surface area contributed by atoms with E-state index in [0.717, 1.165) is 10.0 Å². The van der Waals surface area contributed by atoms with Crippen LogP contribution < -0.4 is 0 Å². The number of aryl methyl sites for hydroxylation is 1. The van der Waals surface area contributed by atoms with E-state index in [2.05, 4.69) is 47.1 Å². The van der Waals surface area contributed by atoms with Crippen molar-refractivity contribution in [1.82, 2.24) is 4.98 Å². The number of halogens is 2. The SMILES string of the molecule is Cc1cc2c(N=NC(=O)c3ccccc3Br)c(O)[nH]c2cc1Br. The number of nitrogens with zero attached hydrogens (tertiary/aromatic N) is 2. The Kier molecular flexibility index (Phi) is 4.32. The number of H-pyrrole nitrogens is 1. The Morgan fingerprint density at radius 2 is 1.91 bits per heavy atom. The molecule has 23 heavy (non-hydrogen) atoms. The summed E-state index contributed by atoms with van der Waals surface area (Å²) in [6.45, 7) is 1.93. The average molecular weight is 437 g/mol. The Bertz CT molecular complexity index is 948. The highest BCUT2D eigenvalue weighted by atomic mass is 79.9. The van der Waals surface area contributed by atoms with Crippen LogP contribution in [-0.2, 0) is 0 Å². The predicted octanol–water partition coefficient (Wildman–Crippen LogP) is 5.63. The van der Waals surface area contributed by atoms with E-state index < -0.39 is 5.91 Å². The number of benzene rings is 2. The second kappa shape index (κ2) is 6.25. The van der Waals surface area contributed by atoms with Gasteiger partial charge in [-0.25, -0.2) is 0 Å². The maximum absolute atomic E-state index is 12.1. The van der Waals surface area contributed by atoms with Gasteiger partial charge in [-0.15, -0.1) is 10.2 Å². The van der Waals surface area contributed by atoms with Crippen molar-refractivity contribution in [3.05, 3.63) is 56.5 Å². The number of fused-ring (bicyclic) bond motifs is 1. The van der Waals surface area contributed by atoms with Crippen molar-refractivity contribution in [3.8, 4) is 5.88 Å². The maximum atomic E-state index is 12.1. The Labute approximate surface area is 148 Å². The van der Waals surface area contributed by atoms with E-state index in [0.29, 0.717) is 20.9 Å². The van der Waals surface area contributed by atoms with E-state index in [1.54, 1.807) is 18.2 Å². The van der Waals surface area contributed by atoms with Gasteiger partial charge in [-0.3, -0.25) is 4.79 Å². The number of amides is 1. The van der Waals surface area contributed by atoms with Crippen molar-refractivity contribution in [1.29, 1.82) is 0 Å². The van der Waals surface area contributed by atoms with Crippen LogP contribution >= 0.6 is 31.9 Å². The van der Waals surface area contributed by atoms with Gasteiger partial charge in [0.15, 0.2) is 5.69 Å². The number of nitrogens with one attached hydrogen (secondary N) is 1. The number of carbonyl (C=O) groups excluding carboxylic acids is 1. The summed E-state index contributed by atoms with van der Waals surface area (Å²) in [5.74, 6) is -0.610. The van der Waals surface area contributed by atoms with Gasteiger partial charge in [0.1, 0.15) is 0 Å². The van der Waals surface area contributed by atoms with Crippen LogP contribution in [0.1, 0.15) is 15.9 Å². The zero-order valence-corrected chi connectivity index (χ0v) is 15.1. The summed E-state index contributed by atoms with van der Waals surface area (Å²) in [6, 6.07) is 10.7. The molecule has 0 aliphatic rings. The molecule has 7 heteroatoms. The molecule has 1 amide bonds. The van der Waals surface area contributed by atoms with E-state index in [4.69, 9.17) is 0 Å². The van der Waals surface area contributed by atoms with Gasteiger partial charge in [0.25, 0.3) is 5.91 Å². The van der Waals surface area contributed by atoms with Crippen molar-refractivity contribution < 1.29 is 9.90 Å². The average Bonchev–Trinajstić information content (AvgIpc) is 2.80. The maximum Gasteiger partial charge on any atom is 0.296 e. The van der Waals surface area contributed by atoms with E-state index in [1.807, 2.05) is 25.1 Å². The van der Waals surface area contributed by atoms with Crippen molar-refractivity contribution in [2.24, 2.45) is 10.2 Å². The smallest absolute Gasteiger partial charge is 0.296 e. The molecule has 0 unspecified atom stereocenters. The Balaban J connectivity index is 2.01. The number of hydrogen-bond donors (Lipinski definition) is 2. The molecule has 0 aliphatic carbocycles. The minimum Gasteiger partial charge on any atom is -0.493 e. The summed E-state index contributed by atoms with van der Waals surface area (Å²) in [7, 11) is 0. The minimum atomic E-state index is -0.486. The van der Waals surface area contributed by atoms with E-state index in [1.165, 1.54) is 0 Å². The third-order valence-electron chi connectivity index (χ3n) is 3.38. The van der Waals surface area contributed by atoms with Gasteiger partial charge >= 0.3 is 0 Å². The quantitative estimate of drug-likeness (QED) is 0.510. The molecule has 2 aromatic carbocycles. The van der Waals surface area contributed by atoms with Crippen LogP contribution in [0.4, 0.5) is 5.69 Å². The lowest BCUT2D eigenvalue weighted by molar-refractivity contribution is 0.0994. The monoisotopic (exact) mass is 435 g/mol. The number of aromatic hydroxyl groups is 1. The lowest BCUT2D eigenvalue weighted by atomic mass is 10.1. The highest BCUT2D eigenvalue weighted by Crippen LogP contribution is 2.38. The second-order valence-electron chi connectivity index (χ2n) is 4.95. The van der Waals surface area contributed by atoms with Gasteiger partial charge in [0.05, 0.1) is 11.1 Å². The molecule has 5 nitrogen and oxygen atoms in total. The summed E-state index contributed by atoms with van der Waals surface area (Å²) < 4.78 is 1.56. The molecule has 3 aromatic rings. The van der Waals surface area contributed by atoms with E-state index >= 15 is 0 Å². The van der Waals surface area contributed by atoms with Crippen molar-refractivity contribution in [2.45, 2.75) is 6.92 Å². The van der Waals surface area contributed by atoms with Crippen molar-refractivity contribution >= 4 is 54.4 Å². The molecule has 0 fully saturated rings. The fraction of sp³-hybridized carbons (Fsp3) is 0.0625. The number of hydrogen-bond acceptors (Lipinski definition) is 3. The molecule has 1 heterocycles. The van der Waals surface area contributed by atoms with E-state index in [-0.39, 0.29) is 11.6 Å². The lowest BCUT2D eigenvalue weighted by Crippen LogP contribution is -1.94. The first-order valence-corrected chi connectivity index (χ1v) is 8.27. The lowest BCUT2D eigenvalue weighted by Gasteiger charge is -1.99. The van der Waals surface area contributed by atoms with Crippen LogP contribution in [-0.4, -0.2) is 16.0 Å². The highest BCUT2D eigenvalue weighted by Gasteiger charge is 2.14. The fourth-order valence-corrected chi connectivity index (χ4v) is 2.98. The Morgan fingerprint density at radius 3 is 2.65 bits per heavy atom. The first-order valence-electron chi connectivity index (χ1n) is 6.68. The zero-order chi connectivity index (χ0) is 16.6. The fourth-order valence-electron chi connectivity index (χ4n) is 2.18. The summed E-state index contributed by atoms with van der Waals surface area (Å²) >= 11 is 6.74. The third kappa shape index (κ3) is 3.07. The zero-order valence-electron chi connectivity index (χ0n) is 12.0. The number of azo groups is 1. The van der Waals surface area contributed by atoms with Gasteiger partial charge in [-0.1, -0.05) is 28.1 Å². The molecule has 0 spiro atoms. The van der Waals surface area contributed by atoms with Crippen LogP contribution in [0.15, 0.2) is 55.6 Å². The summed E-state index contributed by atoms with van der Waals surface area (Å²) in [5, 5.41) is 18.4. The minimum absolute atomic E-state index is 0.124. The molecule has 2 N–H and O–H groups in total. The molecule has 0 aliphatic heterocycles. The summed E-state index contributed by atoms with van der Waals surface area (Å²) in [4.78, 5) is 15.0. The largest absolute Gasteiger partial charge is 0.493 e. The number of aromatic nitrogens is 1. The molecular weight excluding hydrogens is 426 g/mol. The van der Waals surface area contributed by atoms with E-state index in [9.17, 15) is 9.90 Å². The molecule has 0 saturated heterocycles. The van der Waals surface area contributed by atoms with Crippen LogP contribution in [0.3, 0.4) is 0 Å². The standard InChI is InChI=1S/C16H11Br2N3O2/c1-8-6-10-13(7-12(8)18)19-16(23)14(10)20-21-15(22)9-4-2-3-5-11(9)17/h2-7,19,23H,1H3. The number of aromatic amines is 1. The van der Waals surface area contributed by atoms with Crippen molar-refractivity contribution in [2.75, 3.05) is 0 Å². The highest BCUT2D eigenvalue weighted by molar-refractivity contribution is 9.10. The topological polar surface area (TPSA) is 77.8 Å². The molecule has 116 valence electrons. The summed E-state index contributed by atoms with van der Waals surface area (Å²) in [5.41, 5.74) is 2.36. The predicted molar refractivity (Wildman–Crippen MR) is 95.4 cm³/mol. The first kappa shape index (κ1) is 15.9. The molecule has 1 aromatic heterocycles. The Morgan fingerprint density at radius 1 is 1.17 bits per heavy atom. The van der Waals surface area contributed by atoms with Crippen molar-refractivity contribution in [3.63, 3.8) is 0 Å². The van der Waals surface area contributed by atoms with Crippen LogP contribution in [0.25, 0.3) is 10.9 Å². The molecular formula is C16H11Br2N3O2. The molecule has 3 rings (SSSR count). The summed E-state index contributed by atoms with van der Waals surface area (Å²) in [6.07, 6.45) is 0. The Hall–Kier alpha value is -1.99. The second-order valence-corrected chi connectivity index (χ2v) is 6.66. The van der Waals surface area contributed by atoms with Crippen LogP contribution in [0.2, 0.25) is 0 Å². The van der Waals surface area contributed by atoms with Gasteiger partial charge in [-0.2, -0.15) is 0 Å². The molecule has 0 bridgehead atoms. The number of rotatable bonds is 2. The van der Waals surface area contributed by atoms with Gasteiger partial charge in [0, 0.05) is 14.3 Å². The first-order chi connectivity index (χ1) is 11.0.